The maximum absolute atomic E-state index is 12.4. The van der Waals surface area contributed by atoms with Crippen molar-refractivity contribution < 1.29 is 29.3 Å². The first-order chi connectivity index (χ1) is 13.9. The number of nitrogens with zero attached hydrogens (tertiary/aromatic N) is 2. The summed E-state index contributed by atoms with van der Waals surface area (Å²) in [6.45, 7) is 3.92. The van der Waals surface area contributed by atoms with Crippen molar-refractivity contribution in [2.24, 2.45) is 5.92 Å². The summed E-state index contributed by atoms with van der Waals surface area (Å²) in [5, 5.41) is 27.7. The molecule has 0 aliphatic carbocycles. The highest BCUT2D eigenvalue weighted by Crippen LogP contribution is 2.45. The Kier molecular flexibility index (Phi) is 7.01. The molecule has 12 heteroatoms. The minimum Gasteiger partial charge on any atom is -0.395 e. The number of carbonyl (C=O) groups is 2. The zero-order valence-corrected chi connectivity index (χ0v) is 17.3. The van der Waals surface area contributed by atoms with Crippen LogP contribution in [0.2, 0.25) is 0 Å². The van der Waals surface area contributed by atoms with Gasteiger partial charge in [-0.15, -0.1) is 11.8 Å². The zero-order valence-electron chi connectivity index (χ0n) is 16.5. The predicted molar refractivity (Wildman–Crippen MR) is 105 cm³/mol. The van der Waals surface area contributed by atoms with Gasteiger partial charge in [0.15, 0.2) is 12.0 Å². The third-order valence-electron chi connectivity index (χ3n) is 4.74. The molecule has 0 spiro atoms. The number of hydrogen-bond donors (Lipinski definition) is 5. The number of anilines is 1. The molecule has 0 bridgehead atoms. The van der Waals surface area contributed by atoms with Crippen LogP contribution in [0.5, 0.6) is 0 Å². The first-order valence-electron chi connectivity index (χ1n) is 9.36. The van der Waals surface area contributed by atoms with Gasteiger partial charge in [-0.3, -0.25) is 9.59 Å². The molecule has 5 atom stereocenters. The summed E-state index contributed by atoms with van der Waals surface area (Å²) in [6, 6.07) is 0. The maximum atomic E-state index is 12.4. The number of fused-ring (bicyclic) bond motifs is 1. The van der Waals surface area contributed by atoms with E-state index in [1.54, 1.807) is 25.5 Å². The largest absolute Gasteiger partial charge is 0.395 e. The maximum Gasteiger partial charge on any atom is 0.276 e. The molecule has 2 aliphatic rings. The van der Waals surface area contributed by atoms with Gasteiger partial charge in [-0.2, -0.15) is 0 Å². The molecule has 29 heavy (non-hydrogen) atoms. The summed E-state index contributed by atoms with van der Waals surface area (Å²) in [4.78, 5) is 28.6. The number of aromatic nitrogens is 2. The first-order valence-corrected chi connectivity index (χ1v) is 10.3. The lowest BCUT2D eigenvalue weighted by molar-refractivity contribution is -0.124. The van der Waals surface area contributed by atoms with E-state index in [1.807, 2.05) is 0 Å². The number of methoxy groups -OCH3 is 1. The van der Waals surface area contributed by atoms with E-state index in [4.69, 9.17) is 9.47 Å². The molecular weight excluding hydrogens is 402 g/mol. The van der Waals surface area contributed by atoms with Gasteiger partial charge < -0.3 is 40.2 Å². The molecule has 162 valence electrons. The molecule has 2 unspecified atom stereocenters. The summed E-state index contributed by atoms with van der Waals surface area (Å²) in [7, 11) is 1.55. The highest BCUT2D eigenvalue weighted by Gasteiger charge is 2.46. The standard InChI is InChI=1S/C17H27N5O6S/c1-8(2)14(25)20-17-19-13-10(15(26)21-17)18-7-22(13)16-12(28-5-4-27-3)11(24)9(6-23)29-16/h7-9,11-12,16-17,19,23-24H,4-6H2,1-3H3,(H,20,25)(H,21,26)/t9-,11?,12+,16-,17?/m1/s1. The molecule has 0 saturated carbocycles. The molecule has 3 heterocycles. The normalized spacial score (nSPS) is 28.8. The van der Waals surface area contributed by atoms with Crippen molar-refractivity contribution in [3.63, 3.8) is 0 Å². The molecule has 0 radical (unpaired) electrons. The molecule has 2 aliphatic heterocycles. The molecule has 5 N–H and O–H groups in total. The number of rotatable bonds is 8. The smallest absolute Gasteiger partial charge is 0.276 e. The lowest BCUT2D eigenvalue weighted by Crippen LogP contribution is -2.56. The minimum atomic E-state index is -0.904. The monoisotopic (exact) mass is 429 g/mol. The van der Waals surface area contributed by atoms with Gasteiger partial charge in [0.05, 0.1) is 37.5 Å². The lowest BCUT2D eigenvalue weighted by atomic mass is 10.1. The third-order valence-corrected chi connectivity index (χ3v) is 6.29. The fraction of sp³-hybridized carbons (Fsp3) is 0.706. The Morgan fingerprint density at radius 2 is 2.17 bits per heavy atom. The summed E-state index contributed by atoms with van der Waals surface area (Å²) in [5.41, 5.74) is 0.179. The topological polar surface area (TPSA) is 147 Å². The molecule has 11 nitrogen and oxygen atoms in total. The van der Waals surface area contributed by atoms with Crippen LogP contribution in [0.4, 0.5) is 5.82 Å². The van der Waals surface area contributed by atoms with Crippen molar-refractivity contribution in [2.45, 2.75) is 43.0 Å². The second kappa shape index (κ2) is 9.30. The van der Waals surface area contributed by atoms with E-state index < -0.39 is 35.0 Å². The highest BCUT2D eigenvalue weighted by atomic mass is 32.2. The number of aliphatic hydroxyl groups is 2. The molecule has 1 saturated heterocycles. The molecular formula is C17H27N5O6S. The molecule has 1 aromatic rings. The third kappa shape index (κ3) is 4.51. The van der Waals surface area contributed by atoms with Crippen LogP contribution < -0.4 is 16.0 Å². The summed E-state index contributed by atoms with van der Waals surface area (Å²) >= 11 is 1.33. The molecule has 0 aromatic carbocycles. The van der Waals surface area contributed by atoms with Crippen LogP contribution in [-0.2, 0) is 14.3 Å². The number of thioether (sulfide) groups is 1. The van der Waals surface area contributed by atoms with Crippen LogP contribution in [-0.4, -0.2) is 82.3 Å². The van der Waals surface area contributed by atoms with Gasteiger partial charge in [-0.1, -0.05) is 13.8 Å². The molecule has 1 aromatic heterocycles. The van der Waals surface area contributed by atoms with Crippen LogP contribution in [0, 0.1) is 5.92 Å². The van der Waals surface area contributed by atoms with E-state index in [0.717, 1.165) is 0 Å². The van der Waals surface area contributed by atoms with Gasteiger partial charge in [0.1, 0.15) is 17.3 Å². The number of amides is 2. The second-order valence-corrected chi connectivity index (χ2v) is 8.49. The number of aliphatic hydroxyl groups excluding tert-OH is 2. The van der Waals surface area contributed by atoms with Crippen molar-refractivity contribution >= 4 is 29.4 Å². The minimum absolute atomic E-state index is 0.179. The fourth-order valence-electron chi connectivity index (χ4n) is 3.16. The van der Waals surface area contributed by atoms with Gasteiger partial charge in [0, 0.05) is 13.0 Å². The molecule has 3 rings (SSSR count). The predicted octanol–water partition coefficient (Wildman–Crippen LogP) is -0.907. The van der Waals surface area contributed by atoms with Crippen LogP contribution in [0.15, 0.2) is 6.33 Å². The SMILES string of the molecule is COCCO[C@H]1C(O)[C@@H](CO)S[C@H]1n1cnc2c1NC(NC(=O)C(C)C)NC2=O. The average molecular weight is 429 g/mol. The Balaban J connectivity index is 1.84. The van der Waals surface area contributed by atoms with Crippen molar-refractivity contribution in [1.29, 1.82) is 0 Å². The van der Waals surface area contributed by atoms with E-state index in [2.05, 4.69) is 20.9 Å². The number of nitrogens with one attached hydrogen (secondary N) is 3. The van der Waals surface area contributed by atoms with E-state index in [1.165, 1.54) is 18.1 Å². The van der Waals surface area contributed by atoms with E-state index in [9.17, 15) is 19.8 Å². The van der Waals surface area contributed by atoms with E-state index in [-0.39, 0.29) is 30.7 Å². The Morgan fingerprint density at radius 3 is 2.83 bits per heavy atom. The summed E-state index contributed by atoms with van der Waals surface area (Å²) in [6.07, 6.45) is -0.848. The van der Waals surface area contributed by atoms with Gasteiger partial charge in [-0.25, -0.2) is 4.98 Å². The van der Waals surface area contributed by atoms with Crippen LogP contribution in [0.25, 0.3) is 0 Å². The number of ether oxygens (including phenoxy) is 2. The highest BCUT2D eigenvalue weighted by molar-refractivity contribution is 8.00. The number of imidazole rings is 1. The lowest BCUT2D eigenvalue weighted by Gasteiger charge is -2.30. The summed E-state index contributed by atoms with van der Waals surface area (Å²) < 4.78 is 12.5. The van der Waals surface area contributed by atoms with Crippen molar-refractivity contribution in [3.8, 4) is 0 Å². The number of carbonyl (C=O) groups excluding carboxylic acids is 2. The van der Waals surface area contributed by atoms with Gasteiger partial charge in [0.2, 0.25) is 5.91 Å². The van der Waals surface area contributed by atoms with E-state index in [0.29, 0.717) is 12.4 Å². The van der Waals surface area contributed by atoms with Crippen molar-refractivity contribution in [3.05, 3.63) is 12.0 Å². The molecule has 2 amide bonds. The van der Waals surface area contributed by atoms with Crippen LogP contribution in [0.1, 0.15) is 29.7 Å². The van der Waals surface area contributed by atoms with E-state index >= 15 is 0 Å². The fourth-order valence-corrected chi connectivity index (χ4v) is 4.60. The summed E-state index contributed by atoms with van der Waals surface area (Å²) in [5.74, 6) is -0.481. The first kappa shape index (κ1) is 21.8. The average Bonchev–Trinajstić information content (AvgIpc) is 3.23. The van der Waals surface area contributed by atoms with Crippen LogP contribution in [0.3, 0.4) is 0 Å². The second-order valence-electron chi connectivity index (χ2n) is 7.13. The van der Waals surface area contributed by atoms with Gasteiger partial charge in [0.25, 0.3) is 5.91 Å². The Hall–Kier alpha value is -1.86. The zero-order chi connectivity index (χ0) is 21.1. The Labute approximate surface area is 172 Å². The van der Waals surface area contributed by atoms with Crippen molar-refractivity contribution in [2.75, 3.05) is 32.2 Å². The quantitative estimate of drug-likeness (QED) is 0.331. The molecule has 1 fully saturated rings. The van der Waals surface area contributed by atoms with Crippen LogP contribution >= 0.6 is 11.8 Å². The van der Waals surface area contributed by atoms with Gasteiger partial charge in [-0.05, 0) is 0 Å². The Morgan fingerprint density at radius 1 is 1.41 bits per heavy atom. The Bertz CT molecular complexity index is 744. The van der Waals surface area contributed by atoms with Gasteiger partial charge >= 0.3 is 0 Å². The number of hydrogen-bond acceptors (Lipinski definition) is 9. The van der Waals surface area contributed by atoms with Crippen molar-refractivity contribution in [1.82, 2.24) is 20.2 Å².